The maximum atomic E-state index is 12.3. The second-order valence-corrected chi connectivity index (χ2v) is 6.07. The molecule has 24 heavy (non-hydrogen) atoms. The van der Waals surface area contributed by atoms with Crippen LogP contribution in [-0.4, -0.2) is 40.6 Å². The minimum absolute atomic E-state index is 0.162. The summed E-state index contributed by atoms with van der Waals surface area (Å²) in [5, 5.41) is 3.77. The molecule has 0 spiro atoms. The number of carbonyl (C=O) groups is 1. The Morgan fingerprint density at radius 1 is 1.29 bits per heavy atom. The highest BCUT2D eigenvalue weighted by Crippen LogP contribution is 2.33. The van der Waals surface area contributed by atoms with Crippen molar-refractivity contribution in [3.63, 3.8) is 0 Å². The Morgan fingerprint density at radius 2 is 2.12 bits per heavy atom. The monoisotopic (exact) mass is 346 g/mol. The molecule has 1 aliphatic heterocycles. The summed E-state index contributed by atoms with van der Waals surface area (Å²) in [6.07, 6.45) is 3.39. The first-order chi connectivity index (χ1) is 11.8. The van der Waals surface area contributed by atoms with Crippen LogP contribution in [0.4, 0.5) is 4.79 Å². The average Bonchev–Trinajstić information content (AvgIpc) is 3.05. The molecule has 1 aliphatic rings. The highest BCUT2D eigenvalue weighted by molar-refractivity contribution is 7.97. The van der Waals surface area contributed by atoms with Gasteiger partial charge in [-0.05, 0) is 12.1 Å². The van der Waals surface area contributed by atoms with Gasteiger partial charge in [0.25, 0.3) is 0 Å². The normalized spacial score (nSPS) is 12.8. The summed E-state index contributed by atoms with van der Waals surface area (Å²) in [5.41, 5.74) is 1.88. The van der Waals surface area contributed by atoms with Crippen LogP contribution in [0, 0.1) is 0 Å². The second-order valence-electron chi connectivity index (χ2n) is 5.06. The smallest absolute Gasteiger partial charge is 0.328 e. The minimum atomic E-state index is -0.162. The van der Waals surface area contributed by atoms with E-state index in [0.717, 1.165) is 16.2 Å². The Bertz CT molecular complexity index is 688. The summed E-state index contributed by atoms with van der Waals surface area (Å²) in [6.45, 7) is 1.79. The van der Waals surface area contributed by atoms with Gasteiger partial charge in [-0.1, -0.05) is 12.1 Å². The quantitative estimate of drug-likeness (QED) is 0.638. The predicted molar refractivity (Wildman–Crippen MR) is 89.5 cm³/mol. The van der Waals surface area contributed by atoms with E-state index >= 15 is 0 Å². The highest BCUT2D eigenvalue weighted by atomic mass is 32.2. The molecule has 2 aromatic heterocycles. The number of nitrogens with zero attached hydrogens (tertiary/aromatic N) is 3. The molecule has 2 aromatic rings. The number of fused-ring (bicyclic) bond motifs is 1. The number of urea groups is 1. The molecule has 0 saturated carbocycles. The van der Waals surface area contributed by atoms with Crippen LogP contribution in [0.1, 0.15) is 11.1 Å². The largest absolute Gasteiger partial charge is 0.475 e. The first-order valence-electron chi connectivity index (χ1n) is 7.51. The van der Waals surface area contributed by atoms with Gasteiger partial charge in [-0.2, -0.15) is 0 Å². The second kappa shape index (κ2) is 7.98. The summed E-state index contributed by atoms with van der Waals surface area (Å²) in [4.78, 5) is 20.8. The lowest BCUT2D eigenvalue weighted by Gasteiger charge is -2.15. The molecule has 126 valence electrons. The van der Waals surface area contributed by atoms with Gasteiger partial charge in [0.1, 0.15) is 11.6 Å². The number of hydrogen-bond donors (Lipinski definition) is 1. The van der Waals surface area contributed by atoms with E-state index < -0.39 is 0 Å². The van der Waals surface area contributed by atoms with E-state index in [0.29, 0.717) is 32.2 Å². The molecular weight excluding hydrogens is 328 g/mol. The lowest BCUT2D eigenvalue weighted by molar-refractivity contribution is 0.143. The topological polar surface area (TPSA) is 76.6 Å². The van der Waals surface area contributed by atoms with Crippen LogP contribution < -0.4 is 10.1 Å². The lowest BCUT2D eigenvalue weighted by Crippen LogP contribution is -2.33. The van der Waals surface area contributed by atoms with Crippen molar-refractivity contribution in [1.29, 1.82) is 0 Å². The zero-order valence-electron chi connectivity index (χ0n) is 13.3. The van der Waals surface area contributed by atoms with Gasteiger partial charge in [-0.3, -0.25) is 4.31 Å². The molecule has 0 aliphatic carbocycles. The Labute approximate surface area is 144 Å². The van der Waals surface area contributed by atoms with Gasteiger partial charge in [-0.25, -0.2) is 14.8 Å². The molecule has 2 amide bonds. The molecule has 0 fully saturated rings. The molecule has 3 heterocycles. The summed E-state index contributed by atoms with van der Waals surface area (Å²) in [5.74, 6) is 0.508. The maximum Gasteiger partial charge on any atom is 0.328 e. The van der Waals surface area contributed by atoms with E-state index in [1.165, 1.54) is 11.9 Å². The summed E-state index contributed by atoms with van der Waals surface area (Å²) in [6, 6.07) is 7.38. The van der Waals surface area contributed by atoms with Crippen molar-refractivity contribution < 1.29 is 14.3 Å². The van der Waals surface area contributed by atoms with Crippen LogP contribution in [0.5, 0.6) is 5.88 Å². The molecule has 7 nitrogen and oxygen atoms in total. The lowest BCUT2D eigenvalue weighted by atomic mass is 10.2. The number of pyridine rings is 2. The van der Waals surface area contributed by atoms with Crippen molar-refractivity contribution in [3.05, 3.63) is 47.8 Å². The van der Waals surface area contributed by atoms with Gasteiger partial charge in [0, 0.05) is 49.1 Å². The zero-order valence-corrected chi connectivity index (χ0v) is 14.1. The van der Waals surface area contributed by atoms with Crippen LogP contribution >= 0.6 is 11.9 Å². The number of aromatic nitrogens is 2. The average molecular weight is 346 g/mol. The van der Waals surface area contributed by atoms with Crippen LogP contribution in [0.2, 0.25) is 0 Å². The molecule has 0 saturated heterocycles. The highest BCUT2D eigenvalue weighted by Gasteiger charge is 2.25. The number of nitrogens with one attached hydrogen (secondary N) is 1. The third kappa shape index (κ3) is 3.95. The number of rotatable bonds is 6. The Balaban J connectivity index is 1.56. The van der Waals surface area contributed by atoms with Gasteiger partial charge < -0.3 is 14.8 Å². The fourth-order valence-electron chi connectivity index (χ4n) is 2.20. The van der Waals surface area contributed by atoms with Crippen molar-refractivity contribution in [2.75, 3.05) is 20.3 Å². The van der Waals surface area contributed by atoms with E-state index in [1.54, 1.807) is 23.8 Å². The first-order valence-corrected chi connectivity index (χ1v) is 8.28. The predicted octanol–water partition coefficient (Wildman–Crippen LogP) is 2.23. The summed E-state index contributed by atoms with van der Waals surface area (Å²) in [7, 11) is 1.61. The van der Waals surface area contributed by atoms with E-state index in [9.17, 15) is 4.79 Å². The molecule has 0 unspecified atom stereocenters. The van der Waals surface area contributed by atoms with E-state index in [4.69, 9.17) is 9.47 Å². The molecule has 0 atom stereocenters. The Morgan fingerprint density at radius 3 is 2.96 bits per heavy atom. The fraction of sp³-hybridized carbons (Fsp3) is 0.312. The van der Waals surface area contributed by atoms with Gasteiger partial charge in [0.15, 0.2) is 0 Å². The Kier molecular flexibility index (Phi) is 5.50. The van der Waals surface area contributed by atoms with Gasteiger partial charge >= 0.3 is 6.03 Å². The molecule has 0 radical (unpaired) electrons. The van der Waals surface area contributed by atoms with E-state index in [2.05, 4.69) is 15.3 Å². The van der Waals surface area contributed by atoms with Crippen molar-refractivity contribution >= 4 is 18.0 Å². The number of ether oxygens (including phenoxy) is 2. The third-order valence-electron chi connectivity index (χ3n) is 3.39. The summed E-state index contributed by atoms with van der Waals surface area (Å²) >= 11 is 1.35. The zero-order chi connectivity index (χ0) is 16.8. The third-order valence-corrected chi connectivity index (χ3v) is 4.45. The van der Waals surface area contributed by atoms with Crippen LogP contribution in [-0.2, 0) is 17.8 Å². The fourth-order valence-corrected chi connectivity index (χ4v) is 3.12. The standard InChI is InChI=1S/C16H18N4O3S/c1-22-8-9-23-14-12(4-2-6-17-14)10-19-16(21)20-11-13-5-3-7-18-15(13)24-20/h2-7H,8-11H2,1H3,(H,19,21). The number of carbonyl (C=O) groups excluding carboxylic acids is 1. The van der Waals surface area contributed by atoms with Crippen molar-refractivity contribution in [2.24, 2.45) is 0 Å². The van der Waals surface area contributed by atoms with Crippen molar-refractivity contribution in [3.8, 4) is 5.88 Å². The SMILES string of the molecule is COCCOc1ncccc1CNC(=O)N1Cc2cccnc2S1. The molecule has 1 N–H and O–H groups in total. The first kappa shape index (κ1) is 16.5. The molecular formula is C16H18N4O3S. The summed E-state index contributed by atoms with van der Waals surface area (Å²) < 4.78 is 12.2. The van der Waals surface area contributed by atoms with E-state index in [1.807, 2.05) is 24.3 Å². The maximum absolute atomic E-state index is 12.3. The van der Waals surface area contributed by atoms with Crippen molar-refractivity contribution in [2.45, 2.75) is 18.1 Å². The Hall–Kier alpha value is -2.32. The van der Waals surface area contributed by atoms with Crippen LogP contribution in [0.15, 0.2) is 41.7 Å². The minimum Gasteiger partial charge on any atom is -0.475 e. The van der Waals surface area contributed by atoms with E-state index in [-0.39, 0.29) is 6.03 Å². The van der Waals surface area contributed by atoms with Crippen LogP contribution in [0.25, 0.3) is 0 Å². The van der Waals surface area contributed by atoms with Gasteiger partial charge in [-0.15, -0.1) is 0 Å². The number of hydrogen-bond acceptors (Lipinski definition) is 6. The number of amides is 2. The number of methoxy groups -OCH3 is 1. The molecule has 8 heteroatoms. The van der Waals surface area contributed by atoms with Crippen molar-refractivity contribution in [1.82, 2.24) is 19.6 Å². The molecule has 3 rings (SSSR count). The molecule has 0 bridgehead atoms. The van der Waals surface area contributed by atoms with Gasteiger partial charge in [0.05, 0.1) is 13.2 Å². The van der Waals surface area contributed by atoms with Crippen LogP contribution in [0.3, 0.4) is 0 Å². The van der Waals surface area contributed by atoms with Gasteiger partial charge in [0.2, 0.25) is 5.88 Å². The molecule has 0 aromatic carbocycles.